The minimum absolute atomic E-state index is 0.0910. The average Bonchev–Trinajstić information content (AvgIpc) is 2.93. The number of anilines is 1. The maximum atomic E-state index is 13.4. The van der Waals surface area contributed by atoms with Crippen LogP contribution in [0, 0.1) is 24.1 Å². The van der Waals surface area contributed by atoms with Gasteiger partial charge < -0.3 is 10.2 Å². The number of nitrogens with two attached hydrogens (primary N) is 1. The van der Waals surface area contributed by atoms with Crippen molar-refractivity contribution in [1.29, 1.82) is 5.26 Å². The molecule has 2 heterocycles. The normalized spacial score (nSPS) is 10.4. The van der Waals surface area contributed by atoms with Crippen LogP contribution in [-0.4, -0.2) is 4.98 Å². The summed E-state index contributed by atoms with van der Waals surface area (Å²) >= 11 is 0. The van der Waals surface area contributed by atoms with Gasteiger partial charge in [-0.3, -0.25) is 0 Å². The summed E-state index contributed by atoms with van der Waals surface area (Å²) in [4.78, 5) is 4.20. The van der Waals surface area contributed by atoms with E-state index in [9.17, 15) is 9.65 Å². The largest absolute Gasteiger partial charge is 0.461 e. The molecule has 108 valence electrons. The number of halogens is 1. The predicted octanol–water partition coefficient (Wildman–Crippen LogP) is 3.91. The van der Waals surface area contributed by atoms with Crippen LogP contribution in [0.3, 0.4) is 0 Å². The van der Waals surface area contributed by atoms with Gasteiger partial charge in [0.05, 0.1) is 5.69 Å². The zero-order chi connectivity index (χ0) is 15.7. The van der Waals surface area contributed by atoms with Crippen molar-refractivity contribution in [1.82, 2.24) is 4.98 Å². The minimum Gasteiger partial charge on any atom is -0.461 e. The van der Waals surface area contributed by atoms with Crippen molar-refractivity contribution in [2.75, 3.05) is 5.73 Å². The molecule has 0 unspecified atom stereocenters. The number of nitriles is 1. The summed E-state index contributed by atoms with van der Waals surface area (Å²) in [6, 6.07) is 13.3. The Bertz CT molecular complexity index is 893. The van der Waals surface area contributed by atoms with Crippen molar-refractivity contribution >= 4 is 5.82 Å². The molecule has 3 rings (SSSR count). The number of benzene rings is 1. The number of furan rings is 1. The summed E-state index contributed by atoms with van der Waals surface area (Å²) in [6.07, 6.45) is 0. The third-order valence-corrected chi connectivity index (χ3v) is 3.29. The molecule has 0 saturated carbocycles. The Kier molecular flexibility index (Phi) is 3.36. The van der Waals surface area contributed by atoms with Crippen LogP contribution < -0.4 is 5.73 Å². The zero-order valence-electron chi connectivity index (χ0n) is 11.8. The molecule has 0 fully saturated rings. The van der Waals surface area contributed by atoms with Gasteiger partial charge in [-0.2, -0.15) is 5.26 Å². The molecule has 4 nitrogen and oxygen atoms in total. The highest BCUT2D eigenvalue weighted by Crippen LogP contribution is 2.32. The molecule has 0 saturated heterocycles. The second kappa shape index (κ2) is 5.34. The smallest absolute Gasteiger partial charge is 0.142 e. The number of hydrogen-bond acceptors (Lipinski definition) is 4. The molecule has 3 aromatic rings. The van der Waals surface area contributed by atoms with Crippen molar-refractivity contribution in [3.05, 3.63) is 59.6 Å². The van der Waals surface area contributed by atoms with Gasteiger partial charge in [-0.1, -0.05) is 12.1 Å². The third kappa shape index (κ3) is 2.42. The highest BCUT2D eigenvalue weighted by molar-refractivity contribution is 5.77. The lowest BCUT2D eigenvalue weighted by atomic mass is 10.0. The fourth-order valence-electron chi connectivity index (χ4n) is 2.25. The molecular weight excluding hydrogens is 281 g/mol. The quantitative estimate of drug-likeness (QED) is 0.777. The Labute approximate surface area is 126 Å². The van der Waals surface area contributed by atoms with Gasteiger partial charge in [0.1, 0.15) is 34.8 Å². The summed E-state index contributed by atoms with van der Waals surface area (Å²) in [6.45, 7) is 1.81. The van der Waals surface area contributed by atoms with E-state index < -0.39 is 0 Å². The lowest BCUT2D eigenvalue weighted by Gasteiger charge is -2.08. The topological polar surface area (TPSA) is 75.8 Å². The van der Waals surface area contributed by atoms with Crippen LogP contribution in [0.4, 0.5) is 10.2 Å². The molecule has 0 amide bonds. The third-order valence-electron chi connectivity index (χ3n) is 3.29. The second-order valence-electron chi connectivity index (χ2n) is 4.85. The number of aromatic nitrogens is 1. The van der Waals surface area contributed by atoms with Gasteiger partial charge in [0.2, 0.25) is 0 Å². The maximum absolute atomic E-state index is 13.4. The predicted molar refractivity (Wildman–Crippen MR) is 81.2 cm³/mol. The number of nitrogen functional groups attached to an aromatic ring is 1. The minimum atomic E-state index is -0.363. The molecule has 0 aliphatic heterocycles. The number of pyridine rings is 1. The molecule has 0 aliphatic rings. The number of nitrogens with zero attached hydrogens (tertiary/aromatic N) is 2. The number of aryl methyl sites for hydroxylation is 1. The fourth-order valence-corrected chi connectivity index (χ4v) is 2.25. The Morgan fingerprint density at radius 3 is 2.68 bits per heavy atom. The monoisotopic (exact) mass is 293 g/mol. The molecule has 0 radical (unpaired) electrons. The fraction of sp³-hybridized carbons (Fsp3) is 0.0588. The lowest BCUT2D eigenvalue weighted by Crippen LogP contribution is -1.99. The first-order valence-electron chi connectivity index (χ1n) is 6.62. The average molecular weight is 293 g/mol. The van der Waals surface area contributed by atoms with Crippen molar-refractivity contribution < 1.29 is 8.81 Å². The molecular formula is C17H12FN3O. The Morgan fingerprint density at radius 2 is 2.05 bits per heavy atom. The highest BCUT2D eigenvalue weighted by Gasteiger charge is 2.15. The first kappa shape index (κ1) is 13.8. The molecule has 2 N–H and O–H groups in total. The van der Waals surface area contributed by atoms with Crippen LogP contribution in [0.1, 0.15) is 11.3 Å². The van der Waals surface area contributed by atoms with Crippen LogP contribution in [0.5, 0.6) is 0 Å². The Hall–Kier alpha value is -3.13. The van der Waals surface area contributed by atoms with Gasteiger partial charge in [-0.05, 0) is 37.3 Å². The molecule has 22 heavy (non-hydrogen) atoms. The van der Waals surface area contributed by atoms with E-state index >= 15 is 0 Å². The van der Waals surface area contributed by atoms with Crippen LogP contribution in [-0.2, 0) is 0 Å². The van der Waals surface area contributed by atoms with Gasteiger partial charge in [0.25, 0.3) is 0 Å². The van der Waals surface area contributed by atoms with Crippen molar-refractivity contribution in [3.8, 4) is 28.7 Å². The lowest BCUT2D eigenvalue weighted by molar-refractivity contribution is 0.548. The summed E-state index contributed by atoms with van der Waals surface area (Å²) in [7, 11) is 0. The molecule has 0 aliphatic carbocycles. The van der Waals surface area contributed by atoms with Crippen LogP contribution in [0.2, 0.25) is 0 Å². The van der Waals surface area contributed by atoms with Gasteiger partial charge in [0, 0.05) is 11.1 Å². The summed E-state index contributed by atoms with van der Waals surface area (Å²) in [5.74, 6) is 0.980. The van der Waals surface area contributed by atoms with E-state index in [1.165, 1.54) is 12.1 Å². The van der Waals surface area contributed by atoms with Crippen molar-refractivity contribution in [2.45, 2.75) is 6.92 Å². The summed E-state index contributed by atoms with van der Waals surface area (Å²) in [5, 5.41) is 9.30. The first-order chi connectivity index (χ1) is 10.6. The Morgan fingerprint density at radius 1 is 1.23 bits per heavy atom. The summed E-state index contributed by atoms with van der Waals surface area (Å²) < 4.78 is 19.0. The van der Waals surface area contributed by atoms with E-state index in [2.05, 4.69) is 4.98 Å². The Balaban J connectivity index is 2.23. The van der Waals surface area contributed by atoms with E-state index in [0.717, 1.165) is 5.76 Å². The van der Waals surface area contributed by atoms with Crippen LogP contribution in [0.15, 0.2) is 46.9 Å². The first-order valence-corrected chi connectivity index (χ1v) is 6.62. The second-order valence-corrected chi connectivity index (χ2v) is 4.85. The van der Waals surface area contributed by atoms with E-state index in [1.54, 1.807) is 30.3 Å². The standard InChI is InChI=1S/C17H12FN3O/c1-10-5-6-16(22-10)13-8-15(21-17(20)14(13)9-19)11-3-2-4-12(18)7-11/h2-8H,1H3,(H2,20,21). The molecule has 0 atom stereocenters. The number of rotatable bonds is 2. The molecule has 1 aromatic carbocycles. The maximum Gasteiger partial charge on any atom is 0.142 e. The molecule has 5 heteroatoms. The SMILES string of the molecule is Cc1ccc(-c2cc(-c3cccc(F)c3)nc(N)c2C#N)o1. The number of hydrogen-bond donors (Lipinski definition) is 1. The van der Waals surface area contributed by atoms with E-state index in [4.69, 9.17) is 10.2 Å². The van der Waals surface area contributed by atoms with Crippen molar-refractivity contribution in [2.24, 2.45) is 0 Å². The van der Waals surface area contributed by atoms with Crippen molar-refractivity contribution in [3.63, 3.8) is 0 Å². The van der Waals surface area contributed by atoms with E-state index in [0.29, 0.717) is 22.6 Å². The van der Waals surface area contributed by atoms with E-state index in [-0.39, 0.29) is 17.2 Å². The van der Waals surface area contributed by atoms with Crippen LogP contribution >= 0.6 is 0 Å². The molecule has 0 spiro atoms. The highest BCUT2D eigenvalue weighted by atomic mass is 19.1. The molecule has 0 bridgehead atoms. The zero-order valence-corrected chi connectivity index (χ0v) is 11.8. The van der Waals surface area contributed by atoms with Gasteiger partial charge in [-0.25, -0.2) is 9.37 Å². The summed E-state index contributed by atoms with van der Waals surface area (Å²) in [5.41, 5.74) is 7.74. The van der Waals surface area contributed by atoms with Gasteiger partial charge in [-0.15, -0.1) is 0 Å². The molecule has 2 aromatic heterocycles. The van der Waals surface area contributed by atoms with Gasteiger partial charge in [0.15, 0.2) is 0 Å². The van der Waals surface area contributed by atoms with Crippen LogP contribution in [0.25, 0.3) is 22.6 Å². The van der Waals surface area contributed by atoms with Gasteiger partial charge >= 0.3 is 0 Å². The van der Waals surface area contributed by atoms with E-state index in [1.807, 2.05) is 13.0 Å².